The summed E-state index contributed by atoms with van der Waals surface area (Å²) in [6.07, 6.45) is 0.704. The fourth-order valence-corrected chi connectivity index (χ4v) is 1.98. The normalized spacial score (nSPS) is 10.2. The predicted molar refractivity (Wildman–Crippen MR) is 78.9 cm³/mol. The molecule has 0 aliphatic rings. The molecule has 112 valence electrons. The molecular formula is C15H19N3O3. The van der Waals surface area contributed by atoms with Gasteiger partial charge in [-0.2, -0.15) is 5.10 Å². The first-order valence-electron chi connectivity index (χ1n) is 6.65. The number of H-pyrrole nitrogens is 1. The van der Waals surface area contributed by atoms with Gasteiger partial charge in [-0.25, -0.2) is 0 Å². The van der Waals surface area contributed by atoms with Crippen LogP contribution in [0.25, 0.3) is 0 Å². The monoisotopic (exact) mass is 289 g/mol. The summed E-state index contributed by atoms with van der Waals surface area (Å²) in [5.41, 5.74) is 2.33. The first-order chi connectivity index (χ1) is 10.1. The molecule has 2 aromatic rings. The molecule has 1 amide bonds. The molecule has 0 spiro atoms. The second-order valence-corrected chi connectivity index (χ2v) is 4.63. The molecular weight excluding hydrogens is 270 g/mol. The van der Waals surface area contributed by atoms with E-state index in [0.29, 0.717) is 30.2 Å². The highest BCUT2D eigenvalue weighted by molar-refractivity contribution is 5.92. The molecule has 0 saturated carbocycles. The van der Waals surface area contributed by atoms with Gasteiger partial charge in [-0.3, -0.25) is 9.89 Å². The van der Waals surface area contributed by atoms with Crippen molar-refractivity contribution in [2.24, 2.45) is 0 Å². The van der Waals surface area contributed by atoms with Gasteiger partial charge in [0.25, 0.3) is 5.91 Å². The molecule has 2 rings (SSSR count). The summed E-state index contributed by atoms with van der Waals surface area (Å²) < 4.78 is 10.4. The van der Waals surface area contributed by atoms with Gasteiger partial charge in [0.15, 0.2) is 11.5 Å². The van der Waals surface area contributed by atoms with E-state index in [9.17, 15) is 4.79 Å². The van der Waals surface area contributed by atoms with Crippen LogP contribution in [-0.2, 0) is 6.42 Å². The zero-order valence-corrected chi connectivity index (χ0v) is 12.4. The summed E-state index contributed by atoms with van der Waals surface area (Å²) in [7, 11) is 3.20. The Morgan fingerprint density at radius 2 is 2.00 bits per heavy atom. The van der Waals surface area contributed by atoms with Crippen LogP contribution in [0.1, 0.15) is 21.7 Å². The summed E-state index contributed by atoms with van der Waals surface area (Å²) in [5, 5.41) is 9.50. The zero-order chi connectivity index (χ0) is 15.2. The Hall–Kier alpha value is -2.50. The molecule has 0 bridgehead atoms. The number of ether oxygens (including phenoxy) is 2. The second-order valence-electron chi connectivity index (χ2n) is 4.63. The van der Waals surface area contributed by atoms with Gasteiger partial charge >= 0.3 is 0 Å². The number of amides is 1. The van der Waals surface area contributed by atoms with Crippen LogP contribution in [0.3, 0.4) is 0 Å². The molecule has 0 unspecified atom stereocenters. The molecule has 0 aliphatic heterocycles. The third kappa shape index (κ3) is 3.75. The molecule has 6 heteroatoms. The lowest BCUT2D eigenvalue weighted by Crippen LogP contribution is -2.26. The number of rotatable bonds is 6. The molecule has 1 aromatic carbocycles. The number of aromatic amines is 1. The van der Waals surface area contributed by atoms with Gasteiger partial charge in [-0.1, -0.05) is 6.07 Å². The van der Waals surface area contributed by atoms with Crippen LogP contribution < -0.4 is 14.8 Å². The van der Waals surface area contributed by atoms with Gasteiger partial charge in [0.2, 0.25) is 0 Å². The maximum absolute atomic E-state index is 11.8. The Morgan fingerprint density at radius 3 is 2.62 bits per heavy atom. The number of hydrogen-bond donors (Lipinski definition) is 2. The lowest BCUT2D eigenvalue weighted by molar-refractivity contribution is 0.0949. The molecule has 1 aromatic heterocycles. The van der Waals surface area contributed by atoms with Crippen molar-refractivity contribution in [3.8, 4) is 11.5 Å². The highest BCUT2D eigenvalue weighted by Crippen LogP contribution is 2.27. The average molecular weight is 289 g/mol. The molecule has 21 heavy (non-hydrogen) atoms. The van der Waals surface area contributed by atoms with Crippen molar-refractivity contribution in [1.82, 2.24) is 15.5 Å². The van der Waals surface area contributed by atoms with Gasteiger partial charge in [0.05, 0.1) is 14.2 Å². The molecule has 1 heterocycles. The highest BCUT2D eigenvalue weighted by atomic mass is 16.5. The SMILES string of the molecule is COc1ccc(CCNC(=O)c2cc(C)[nH]n2)cc1OC. The number of aromatic nitrogens is 2. The lowest BCUT2D eigenvalue weighted by atomic mass is 10.1. The van der Waals surface area contributed by atoms with E-state index in [1.54, 1.807) is 20.3 Å². The standard InChI is InChI=1S/C15H19N3O3/c1-10-8-12(18-17-10)15(19)16-7-6-11-4-5-13(20-2)14(9-11)21-3/h4-5,8-9H,6-7H2,1-3H3,(H,16,19)(H,17,18). The molecule has 0 fully saturated rings. The van der Waals surface area contributed by atoms with Crippen molar-refractivity contribution < 1.29 is 14.3 Å². The van der Waals surface area contributed by atoms with E-state index in [1.165, 1.54) is 0 Å². The topological polar surface area (TPSA) is 76.2 Å². The average Bonchev–Trinajstić information content (AvgIpc) is 2.93. The molecule has 0 atom stereocenters. The number of carbonyl (C=O) groups is 1. The second kappa shape index (κ2) is 6.78. The summed E-state index contributed by atoms with van der Waals surface area (Å²) in [5.74, 6) is 1.20. The Kier molecular flexibility index (Phi) is 4.81. The fourth-order valence-electron chi connectivity index (χ4n) is 1.98. The van der Waals surface area contributed by atoms with Crippen molar-refractivity contribution >= 4 is 5.91 Å². The van der Waals surface area contributed by atoms with E-state index >= 15 is 0 Å². The van der Waals surface area contributed by atoms with E-state index in [2.05, 4.69) is 15.5 Å². The van der Waals surface area contributed by atoms with Gasteiger partial charge in [-0.15, -0.1) is 0 Å². The number of carbonyl (C=O) groups excluding carboxylic acids is 1. The van der Waals surface area contributed by atoms with E-state index < -0.39 is 0 Å². The Labute approximate surface area is 123 Å². The van der Waals surface area contributed by atoms with Crippen molar-refractivity contribution in [1.29, 1.82) is 0 Å². The summed E-state index contributed by atoms with van der Waals surface area (Å²) in [4.78, 5) is 11.8. The molecule has 0 saturated heterocycles. The van der Waals surface area contributed by atoms with Crippen LogP contribution in [0.4, 0.5) is 0 Å². The van der Waals surface area contributed by atoms with Crippen molar-refractivity contribution in [3.63, 3.8) is 0 Å². The minimum absolute atomic E-state index is 0.181. The first-order valence-corrected chi connectivity index (χ1v) is 6.65. The third-order valence-corrected chi connectivity index (χ3v) is 3.09. The Morgan fingerprint density at radius 1 is 1.24 bits per heavy atom. The summed E-state index contributed by atoms with van der Waals surface area (Å²) in [6.45, 7) is 2.38. The van der Waals surface area contributed by atoms with Gasteiger partial charge < -0.3 is 14.8 Å². The molecule has 2 N–H and O–H groups in total. The molecule has 0 aliphatic carbocycles. The van der Waals surface area contributed by atoms with Crippen LogP contribution in [0, 0.1) is 6.92 Å². The maximum atomic E-state index is 11.8. The first kappa shape index (κ1) is 14.9. The molecule has 6 nitrogen and oxygen atoms in total. The smallest absolute Gasteiger partial charge is 0.271 e. The van der Waals surface area contributed by atoms with E-state index in [0.717, 1.165) is 11.3 Å². The molecule has 0 radical (unpaired) electrons. The number of aryl methyl sites for hydroxylation is 1. The summed E-state index contributed by atoms with van der Waals surface area (Å²) in [6, 6.07) is 7.43. The maximum Gasteiger partial charge on any atom is 0.271 e. The summed E-state index contributed by atoms with van der Waals surface area (Å²) >= 11 is 0. The number of hydrogen-bond acceptors (Lipinski definition) is 4. The zero-order valence-electron chi connectivity index (χ0n) is 12.4. The van der Waals surface area contributed by atoms with Gasteiger partial charge in [0.1, 0.15) is 5.69 Å². The Balaban J connectivity index is 1.90. The van der Waals surface area contributed by atoms with Crippen LogP contribution in [-0.4, -0.2) is 36.9 Å². The van der Waals surface area contributed by atoms with Crippen molar-refractivity contribution in [2.45, 2.75) is 13.3 Å². The highest BCUT2D eigenvalue weighted by Gasteiger charge is 2.09. The van der Waals surface area contributed by atoms with Crippen LogP contribution in [0.2, 0.25) is 0 Å². The van der Waals surface area contributed by atoms with Crippen LogP contribution in [0.5, 0.6) is 11.5 Å². The van der Waals surface area contributed by atoms with Crippen molar-refractivity contribution in [3.05, 3.63) is 41.2 Å². The van der Waals surface area contributed by atoms with Crippen LogP contribution >= 0.6 is 0 Å². The quantitative estimate of drug-likeness (QED) is 0.848. The van der Waals surface area contributed by atoms with Crippen molar-refractivity contribution in [2.75, 3.05) is 20.8 Å². The number of methoxy groups -OCH3 is 2. The fraction of sp³-hybridized carbons (Fsp3) is 0.333. The number of benzene rings is 1. The Bertz CT molecular complexity index is 622. The largest absolute Gasteiger partial charge is 0.493 e. The number of nitrogens with zero attached hydrogens (tertiary/aromatic N) is 1. The van der Waals surface area contributed by atoms with Gasteiger partial charge in [0, 0.05) is 12.2 Å². The number of nitrogens with one attached hydrogen (secondary N) is 2. The third-order valence-electron chi connectivity index (χ3n) is 3.09. The van der Waals surface area contributed by atoms with E-state index in [1.807, 2.05) is 25.1 Å². The van der Waals surface area contributed by atoms with E-state index in [4.69, 9.17) is 9.47 Å². The van der Waals surface area contributed by atoms with Crippen LogP contribution in [0.15, 0.2) is 24.3 Å². The minimum Gasteiger partial charge on any atom is -0.493 e. The predicted octanol–water partition coefficient (Wildman–Crippen LogP) is 1.71. The van der Waals surface area contributed by atoms with E-state index in [-0.39, 0.29) is 5.91 Å². The lowest BCUT2D eigenvalue weighted by Gasteiger charge is -2.09. The minimum atomic E-state index is -0.181. The van der Waals surface area contributed by atoms with Gasteiger partial charge in [-0.05, 0) is 37.1 Å².